The van der Waals surface area contributed by atoms with Gasteiger partial charge in [0.05, 0.1) is 18.5 Å². The summed E-state index contributed by atoms with van der Waals surface area (Å²) in [5.74, 6) is 0. The van der Waals surface area contributed by atoms with Gasteiger partial charge in [-0.05, 0) is 11.6 Å². The van der Waals surface area contributed by atoms with E-state index in [0.29, 0.717) is 6.42 Å². The van der Waals surface area contributed by atoms with Crippen molar-refractivity contribution in [1.82, 2.24) is 0 Å². The number of likely N-dealkylation sites (N-methyl/N-ethyl adjacent to an activating group) is 1. The molecule has 15 heavy (non-hydrogen) atoms. The van der Waals surface area contributed by atoms with Gasteiger partial charge in [-0.2, -0.15) is 5.26 Å². The van der Waals surface area contributed by atoms with Gasteiger partial charge in [-0.1, -0.05) is 30.4 Å². The summed E-state index contributed by atoms with van der Waals surface area (Å²) in [5.41, 5.74) is 2.43. The molecule has 0 radical (unpaired) electrons. The van der Waals surface area contributed by atoms with Crippen molar-refractivity contribution in [3.63, 3.8) is 0 Å². The first kappa shape index (κ1) is 12.1. The van der Waals surface area contributed by atoms with Gasteiger partial charge in [-0.3, -0.25) is 0 Å². The van der Waals surface area contributed by atoms with Crippen LogP contribution in [0.4, 0.5) is 5.69 Å². The van der Waals surface area contributed by atoms with E-state index in [2.05, 4.69) is 35.3 Å². The summed E-state index contributed by atoms with van der Waals surface area (Å²) in [4.78, 5) is 2.15. The monoisotopic (exact) mass is 312 g/mol. The van der Waals surface area contributed by atoms with E-state index in [-0.39, 0.29) is 30.0 Å². The molecule has 2 nitrogen and oxygen atoms in total. The summed E-state index contributed by atoms with van der Waals surface area (Å²) in [6.45, 7) is 0. The van der Waals surface area contributed by atoms with Crippen LogP contribution in [0.25, 0.3) is 6.08 Å². The lowest BCUT2D eigenvalue weighted by Gasteiger charge is -2.30. The van der Waals surface area contributed by atoms with Gasteiger partial charge in [0.15, 0.2) is 0 Å². The van der Waals surface area contributed by atoms with E-state index >= 15 is 0 Å². The van der Waals surface area contributed by atoms with Gasteiger partial charge in [-0.15, -0.1) is 24.0 Å². The minimum atomic E-state index is 0. The summed E-state index contributed by atoms with van der Waals surface area (Å²) in [6.07, 6.45) is 4.73. The summed E-state index contributed by atoms with van der Waals surface area (Å²) in [6, 6.07) is 10.7. The molecule has 0 aromatic heterocycles. The lowest BCUT2D eigenvalue weighted by Crippen LogP contribution is -2.31. The van der Waals surface area contributed by atoms with Crippen LogP contribution in [0.1, 0.15) is 12.0 Å². The number of hydrogen-bond acceptors (Lipinski definition) is 2. The predicted octanol–water partition coefficient (Wildman–Crippen LogP) is 3.05. The molecule has 3 heteroatoms. The summed E-state index contributed by atoms with van der Waals surface area (Å²) >= 11 is 0. The fourth-order valence-corrected chi connectivity index (χ4v) is 1.77. The highest BCUT2D eigenvalue weighted by molar-refractivity contribution is 14.0. The Morgan fingerprint density at radius 2 is 2.13 bits per heavy atom. The van der Waals surface area contributed by atoms with Crippen LogP contribution in [-0.2, 0) is 0 Å². The Labute approximate surface area is 107 Å². The molecule has 1 unspecified atom stereocenters. The van der Waals surface area contributed by atoms with Gasteiger partial charge in [0.2, 0.25) is 0 Å². The molecule has 0 amide bonds. The van der Waals surface area contributed by atoms with E-state index in [1.165, 1.54) is 11.3 Å². The Kier molecular flexibility index (Phi) is 4.15. The number of fused-ring (bicyclic) bond motifs is 1. The first-order valence-corrected chi connectivity index (χ1v) is 4.70. The highest BCUT2D eigenvalue weighted by Crippen LogP contribution is 2.27. The zero-order valence-electron chi connectivity index (χ0n) is 8.55. The molecule has 1 aliphatic heterocycles. The predicted molar refractivity (Wildman–Crippen MR) is 73.3 cm³/mol. The Bertz CT molecular complexity index is 406. The largest absolute Gasteiger partial charge is 0.367 e. The normalized spacial score (nSPS) is 17.6. The first-order valence-electron chi connectivity index (χ1n) is 4.70. The Hall–Kier alpha value is -1.02. The second-order valence-corrected chi connectivity index (χ2v) is 3.46. The number of nitriles is 1. The molecule has 0 fully saturated rings. The smallest absolute Gasteiger partial charge is 0.0646 e. The molecule has 1 aromatic rings. The average Bonchev–Trinajstić information content (AvgIpc) is 2.23. The van der Waals surface area contributed by atoms with Crippen LogP contribution >= 0.6 is 24.0 Å². The Balaban J connectivity index is 0.00000112. The van der Waals surface area contributed by atoms with Crippen LogP contribution in [0.5, 0.6) is 0 Å². The van der Waals surface area contributed by atoms with Crippen LogP contribution in [0.15, 0.2) is 30.3 Å². The third kappa shape index (κ3) is 2.32. The van der Waals surface area contributed by atoms with Crippen LogP contribution < -0.4 is 4.90 Å². The number of hydrogen-bond donors (Lipinski definition) is 0. The number of rotatable bonds is 1. The number of para-hydroxylation sites is 1. The molecule has 0 aliphatic carbocycles. The number of benzene rings is 1. The van der Waals surface area contributed by atoms with Gasteiger partial charge in [0, 0.05) is 12.7 Å². The second-order valence-electron chi connectivity index (χ2n) is 3.46. The van der Waals surface area contributed by atoms with Crippen molar-refractivity contribution < 1.29 is 0 Å². The van der Waals surface area contributed by atoms with E-state index < -0.39 is 0 Å². The molecular weight excluding hydrogens is 299 g/mol. The molecule has 0 N–H and O–H groups in total. The van der Waals surface area contributed by atoms with Crippen molar-refractivity contribution in [3.05, 3.63) is 35.9 Å². The van der Waals surface area contributed by atoms with Crippen molar-refractivity contribution in [3.8, 4) is 6.07 Å². The Morgan fingerprint density at radius 3 is 2.87 bits per heavy atom. The average molecular weight is 312 g/mol. The SMILES string of the molecule is CN1c2ccccc2C=CC1CC#N.I. The van der Waals surface area contributed by atoms with E-state index in [4.69, 9.17) is 5.26 Å². The molecule has 1 aromatic carbocycles. The standard InChI is InChI=1S/C12H12N2.HI/c1-14-11(8-9-13)7-6-10-4-2-3-5-12(10)14;/h2-7,11H,8H2,1H3;1H. The molecule has 0 saturated heterocycles. The highest BCUT2D eigenvalue weighted by atomic mass is 127. The Morgan fingerprint density at radius 1 is 1.40 bits per heavy atom. The van der Waals surface area contributed by atoms with E-state index in [1.807, 2.05) is 19.2 Å². The number of anilines is 1. The highest BCUT2D eigenvalue weighted by Gasteiger charge is 2.17. The lowest BCUT2D eigenvalue weighted by molar-refractivity contribution is 0.762. The molecule has 2 rings (SSSR count). The van der Waals surface area contributed by atoms with Crippen LogP contribution in [0.3, 0.4) is 0 Å². The number of nitrogens with zero attached hydrogens (tertiary/aromatic N) is 2. The summed E-state index contributed by atoms with van der Waals surface area (Å²) in [5, 5.41) is 8.67. The van der Waals surface area contributed by atoms with Crippen molar-refractivity contribution in [2.24, 2.45) is 0 Å². The van der Waals surface area contributed by atoms with Crippen molar-refractivity contribution in [2.75, 3.05) is 11.9 Å². The molecule has 78 valence electrons. The molecule has 0 bridgehead atoms. The van der Waals surface area contributed by atoms with Crippen molar-refractivity contribution in [2.45, 2.75) is 12.5 Å². The summed E-state index contributed by atoms with van der Waals surface area (Å²) in [7, 11) is 2.03. The topological polar surface area (TPSA) is 27.0 Å². The minimum Gasteiger partial charge on any atom is -0.367 e. The molecule has 1 heterocycles. The van der Waals surface area contributed by atoms with Crippen LogP contribution in [0.2, 0.25) is 0 Å². The second kappa shape index (κ2) is 5.17. The van der Waals surface area contributed by atoms with Gasteiger partial charge in [0.1, 0.15) is 0 Å². The van der Waals surface area contributed by atoms with Gasteiger partial charge < -0.3 is 4.90 Å². The zero-order valence-corrected chi connectivity index (χ0v) is 10.9. The van der Waals surface area contributed by atoms with E-state index in [0.717, 1.165) is 0 Å². The molecular formula is C12H13IN2. The van der Waals surface area contributed by atoms with E-state index in [1.54, 1.807) is 0 Å². The maximum atomic E-state index is 8.67. The van der Waals surface area contributed by atoms with Gasteiger partial charge in [0.25, 0.3) is 0 Å². The molecule has 0 saturated carbocycles. The third-order valence-corrected chi connectivity index (χ3v) is 2.61. The molecule has 1 atom stereocenters. The number of halogens is 1. The molecule has 1 aliphatic rings. The van der Waals surface area contributed by atoms with Crippen molar-refractivity contribution in [1.29, 1.82) is 5.26 Å². The first-order chi connectivity index (χ1) is 6.83. The van der Waals surface area contributed by atoms with Crippen LogP contribution in [-0.4, -0.2) is 13.1 Å². The van der Waals surface area contributed by atoms with Gasteiger partial charge in [-0.25, -0.2) is 0 Å². The lowest BCUT2D eigenvalue weighted by atomic mass is 10.0. The fourth-order valence-electron chi connectivity index (χ4n) is 1.77. The quantitative estimate of drug-likeness (QED) is 0.745. The minimum absolute atomic E-state index is 0. The summed E-state index contributed by atoms with van der Waals surface area (Å²) < 4.78 is 0. The van der Waals surface area contributed by atoms with Gasteiger partial charge >= 0.3 is 0 Å². The third-order valence-electron chi connectivity index (χ3n) is 2.61. The fraction of sp³-hybridized carbons (Fsp3) is 0.250. The van der Waals surface area contributed by atoms with Crippen LogP contribution in [0, 0.1) is 11.3 Å². The maximum absolute atomic E-state index is 8.67. The van der Waals surface area contributed by atoms with E-state index in [9.17, 15) is 0 Å². The van der Waals surface area contributed by atoms with Crippen molar-refractivity contribution >= 4 is 35.7 Å². The maximum Gasteiger partial charge on any atom is 0.0646 e. The zero-order chi connectivity index (χ0) is 9.97. The molecule has 0 spiro atoms.